The summed E-state index contributed by atoms with van der Waals surface area (Å²) in [5, 5.41) is 11.1. The molecule has 0 radical (unpaired) electrons. The highest BCUT2D eigenvalue weighted by Gasteiger charge is 2.09. The number of aromatic nitrogens is 3. The molecule has 2 aromatic heterocycles. The Hall–Kier alpha value is -2.21. The van der Waals surface area contributed by atoms with Gasteiger partial charge < -0.3 is 5.32 Å². The molecular formula is C14H11BrN4O. The van der Waals surface area contributed by atoms with Gasteiger partial charge in [-0.15, -0.1) is 0 Å². The molecule has 0 saturated heterocycles. The van der Waals surface area contributed by atoms with E-state index in [1.807, 2.05) is 12.1 Å². The van der Waals surface area contributed by atoms with Crippen LogP contribution < -0.4 is 5.32 Å². The number of halogens is 1. The van der Waals surface area contributed by atoms with Crippen LogP contribution in [-0.4, -0.2) is 21.1 Å². The van der Waals surface area contributed by atoms with Crippen molar-refractivity contribution in [1.29, 1.82) is 0 Å². The van der Waals surface area contributed by atoms with Crippen LogP contribution in [0, 0.1) is 0 Å². The minimum atomic E-state index is -0.153. The minimum Gasteiger partial charge on any atom is -0.321 e. The number of carbonyl (C=O) groups is 1. The van der Waals surface area contributed by atoms with Crippen LogP contribution in [0.2, 0.25) is 0 Å². The number of hydrogen-bond donors (Lipinski definition) is 2. The molecule has 0 unspecified atom stereocenters. The average molecular weight is 331 g/mol. The zero-order valence-corrected chi connectivity index (χ0v) is 12.0. The number of carbonyl (C=O) groups excluding carboxylic acids is 1. The minimum absolute atomic E-state index is 0.153. The number of anilines is 1. The van der Waals surface area contributed by atoms with Gasteiger partial charge in [-0.1, -0.05) is 28.1 Å². The van der Waals surface area contributed by atoms with E-state index in [9.17, 15) is 4.79 Å². The van der Waals surface area contributed by atoms with Crippen LogP contribution >= 0.6 is 15.9 Å². The quantitative estimate of drug-likeness (QED) is 0.725. The lowest BCUT2D eigenvalue weighted by molar-refractivity contribution is 0.102. The number of pyridine rings is 1. The number of benzene rings is 1. The van der Waals surface area contributed by atoms with Crippen molar-refractivity contribution in [2.45, 2.75) is 5.33 Å². The maximum absolute atomic E-state index is 12.2. The Morgan fingerprint density at radius 2 is 2.05 bits per heavy atom. The lowest BCUT2D eigenvalue weighted by atomic mass is 10.1. The van der Waals surface area contributed by atoms with E-state index < -0.39 is 0 Å². The molecule has 0 saturated carbocycles. The first-order chi connectivity index (χ1) is 9.78. The largest absolute Gasteiger partial charge is 0.321 e. The van der Waals surface area contributed by atoms with Gasteiger partial charge in [0, 0.05) is 17.1 Å². The van der Waals surface area contributed by atoms with Gasteiger partial charge in [0.15, 0.2) is 5.65 Å². The Labute approximate surface area is 123 Å². The van der Waals surface area contributed by atoms with Crippen LogP contribution in [0.4, 0.5) is 5.69 Å². The Balaban J connectivity index is 1.86. The molecule has 0 aliphatic carbocycles. The number of aromatic amines is 1. The van der Waals surface area contributed by atoms with Gasteiger partial charge in [0.05, 0.1) is 17.3 Å². The summed E-state index contributed by atoms with van der Waals surface area (Å²) in [6, 6.07) is 9.20. The van der Waals surface area contributed by atoms with E-state index >= 15 is 0 Å². The molecule has 1 amide bonds. The maximum atomic E-state index is 12.2. The molecule has 0 fully saturated rings. The topological polar surface area (TPSA) is 70.7 Å². The average Bonchev–Trinajstić information content (AvgIpc) is 2.97. The number of fused-ring (bicyclic) bond motifs is 1. The number of nitrogens with one attached hydrogen (secondary N) is 2. The highest BCUT2D eigenvalue weighted by Crippen LogP contribution is 2.20. The summed E-state index contributed by atoms with van der Waals surface area (Å²) in [7, 11) is 0. The molecule has 0 atom stereocenters. The zero-order valence-electron chi connectivity index (χ0n) is 10.4. The summed E-state index contributed by atoms with van der Waals surface area (Å²) in [6.07, 6.45) is 3.27. The first-order valence-corrected chi connectivity index (χ1v) is 7.14. The second-order valence-corrected chi connectivity index (χ2v) is 4.84. The van der Waals surface area contributed by atoms with E-state index in [1.165, 1.54) is 0 Å². The van der Waals surface area contributed by atoms with Crippen LogP contribution in [0.15, 0.2) is 42.7 Å². The highest BCUT2D eigenvalue weighted by atomic mass is 79.9. The van der Waals surface area contributed by atoms with Crippen LogP contribution in [-0.2, 0) is 5.33 Å². The van der Waals surface area contributed by atoms with Crippen molar-refractivity contribution >= 4 is 38.6 Å². The van der Waals surface area contributed by atoms with E-state index in [-0.39, 0.29) is 5.91 Å². The van der Waals surface area contributed by atoms with Crippen molar-refractivity contribution in [3.8, 4) is 0 Å². The second kappa shape index (κ2) is 5.42. The second-order valence-electron chi connectivity index (χ2n) is 4.28. The van der Waals surface area contributed by atoms with Gasteiger partial charge in [-0.2, -0.15) is 5.10 Å². The fraction of sp³-hybridized carbons (Fsp3) is 0.0714. The predicted octanol–water partition coefficient (Wildman–Crippen LogP) is 3.11. The Morgan fingerprint density at radius 3 is 2.80 bits per heavy atom. The van der Waals surface area contributed by atoms with Crippen molar-refractivity contribution in [3.05, 3.63) is 53.9 Å². The molecule has 6 heteroatoms. The van der Waals surface area contributed by atoms with Gasteiger partial charge in [0.1, 0.15) is 0 Å². The van der Waals surface area contributed by atoms with Crippen molar-refractivity contribution in [3.63, 3.8) is 0 Å². The van der Waals surface area contributed by atoms with Gasteiger partial charge in [-0.25, -0.2) is 4.98 Å². The van der Waals surface area contributed by atoms with Gasteiger partial charge >= 0.3 is 0 Å². The van der Waals surface area contributed by atoms with Crippen molar-refractivity contribution in [2.24, 2.45) is 0 Å². The Bertz CT molecular complexity index is 751. The number of H-pyrrole nitrogens is 1. The summed E-state index contributed by atoms with van der Waals surface area (Å²) in [6.45, 7) is 0. The molecule has 1 aromatic carbocycles. The normalized spacial score (nSPS) is 10.7. The van der Waals surface area contributed by atoms with Crippen molar-refractivity contribution in [1.82, 2.24) is 15.2 Å². The molecule has 3 rings (SSSR count). The fourth-order valence-electron chi connectivity index (χ4n) is 1.90. The van der Waals surface area contributed by atoms with E-state index in [1.54, 1.807) is 30.6 Å². The van der Waals surface area contributed by atoms with E-state index in [2.05, 4.69) is 36.4 Å². The lowest BCUT2D eigenvalue weighted by Crippen LogP contribution is -2.12. The zero-order chi connectivity index (χ0) is 13.9. The molecule has 2 N–H and O–H groups in total. The number of amides is 1. The van der Waals surface area contributed by atoms with E-state index in [0.29, 0.717) is 16.9 Å². The summed E-state index contributed by atoms with van der Waals surface area (Å²) in [4.78, 5) is 16.3. The SMILES string of the molecule is O=C(Nc1ccnc2[nH]ncc12)c1ccc(CBr)cc1. The fourth-order valence-corrected chi connectivity index (χ4v) is 2.27. The lowest BCUT2D eigenvalue weighted by Gasteiger charge is -2.06. The Kier molecular flexibility index (Phi) is 3.47. The molecule has 0 aliphatic rings. The predicted molar refractivity (Wildman–Crippen MR) is 80.9 cm³/mol. The first kappa shape index (κ1) is 12.8. The summed E-state index contributed by atoms with van der Waals surface area (Å²) in [5.41, 5.74) is 3.08. The highest BCUT2D eigenvalue weighted by molar-refractivity contribution is 9.08. The van der Waals surface area contributed by atoms with Gasteiger partial charge in [0.25, 0.3) is 5.91 Å². The van der Waals surface area contributed by atoms with Crippen molar-refractivity contribution in [2.75, 3.05) is 5.32 Å². The summed E-state index contributed by atoms with van der Waals surface area (Å²) >= 11 is 3.38. The standard InChI is InChI=1S/C14H11BrN4O/c15-7-9-1-3-10(4-2-9)14(20)18-12-5-6-16-13-11(12)8-17-19-13/h1-6,8H,7H2,(H2,16,17,18,19,20). The molecule has 3 aromatic rings. The maximum Gasteiger partial charge on any atom is 0.255 e. The van der Waals surface area contributed by atoms with Gasteiger partial charge in [-0.05, 0) is 23.8 Å². The van der Waals surface area contributed by atoms with Crippen LogP contribution in [0.5, 0.6) is 0 Å². The van der Waals surface area contributed by atoms with E-state index in [0.717, 1.165) is 16.3 Å². The molecule has 100 valence electrons. The van der Waals surface area contributed by atoms with Gasteiger partial charge in [-0.3, -0.25) is 9.89 Å². The molecule has 2 heterocycles. The number of rotatable bonds is 3. The third kappa shape index (κ3) is 2.42. The van der Waals surface area contributed by atoms with Crippen LogP contribution in [0.25, 0.3) is 11.0 Å². The Morgan fingerprint density at radius 1 is 1.25 bits per heavy atom. The van der Waals surface area contributed by atoms with Crippen molar-refractivity contribution < 1.29 is 4.79 Å². The smallest absolute Gasteiger partial charge is 0.255 e. The van der Waals surface area contributed by atoms with Gasteiger partial charge in [0.2, 0.25) is 0 Å². The molecule has 0 aliphatic heterocycles. The number of nitrogens with zero attached hydrogens (tertiary/aromatic N) is 2. The third-order valence-electron chi connectivity index (χ3n) is 2.97. The molecule has 0 bridgehead atoms. The van der Waals surface area contributed by atoms with Crippen LogP contribution in [0.3, 0.4) is 0 Å². The number of alkyl halides is 1. The summed E-state index contributed by atoms with van der Waals surface area (Å²) in [5.74, 6) is -0.153. The third-order valence-corrected chi connectivity index (χ3v) is 3.62. The monoisotopic (exact) mass is 330 g/mol. The molecule has 20 heavy (non-hydrogen) atoms. The molecule has 5 nitrogen and oxygen atoms in total. The first-order valence-electron chi connectivity index (χ1n) is 6.02. The molecular weight excluding hydrogens is 320 g/mol. The van der Waals surface area contributed by atoms with Crippen LogP contribution in [0.1, 0.15) is 15.9 Å². The number of hydrogen-bond acceptors (Lipinski definition) is 3. The molecule has 0 spiro atoms. The summed E-state index contributed by atoms with van der Waals surface area (Å²) < 4.78 is 0. The van der Waals surface area contributed by atoms with E-state index in [4.69, 9.17) is 0 Å².